The predicted octanol–water partition coefficient (Wildman–Crippen LogP) is 4.91. The highest BCUT2D eigenvalue weighted by Gasteiger charge is 2.30. The highest BCUT2D eigenvalue weighted by atomic mass is 79.9. The van der Waals surface area contributed by atoms with Gasteiger partial charge in [0.25, 0.3) is 5.91 Å². The highest BCUT2D eigenvalue weighted by molar-refractivity contribution is 9.10. The summed E-state index contributed by atoms with van der Waals surface area (Å²) in [7, 11) is 0. The Bertz CT molecular complexity index is 1060. The number of anilines is 1. The molecule has 3 aromatic rings. The molecule has 0 spiro atoms. The van der Waals surface area contributed by atoms with Gasteiger partial charge in [0.05, 0.1) is 28.0 Å². The van der Waals surface area contributed by atoms with Crippen LogP contribution in [0.2, 0.25) is 0 Å². The van der Waals surface area contributed by atoms with Gasteiger partial charge in [0.15, 0.2) is 0 Å². The molecule has 6 nitrogen and oxygen atoms in total. The molecule has 152 valence electrons. The van der Waals surface area contributed by atoms with Crippen LogP contribution in [0, 0.1) is 0 Å². The molecule has 2 N–H and O–H groups in total. The van der Waals surface area contributed by atoms with E-state index >= 15 is 0 Å². The highest BCUT2D eigenvalue weighted by Crippen LogP contribution is 2.36. The van der Waals surface area contributed by atoms with E-state index in [9.17, 15) is 18.7 Å². The first kappa shape index (κ1) is 20.1. The second-order valence-electron chi connectivity index (χ2n) is 6.75. The van der Waals surface area contributed by atoms with E-state index in [0.717, 1.165) is 5.52 Å². The average molecular weight is 487 g/mol. The maximum absolute atomic E-state index is 12.7. The maximum Gasteiger partial charge on any atom is 0.487 e. The van der Waals surface area contributed by atoms with Crippen molar-refractivity contribution < 1.29 is 23.4 Å². The smallest absolute Gasteiger partial charge is 0.420 e. The number of ether oxygens (including phenoxy) is 1. The Morgan fingerprint density at radius 1 is 1.28 bits per heavy atom. The van der Waals surface area contributed by atoms with Crippen LogP contribution < -0.4 is 10.1 Å². The van der Waals surface area contributed by atoms with E-state index in [1.807, 2.05) is 10.6 Å². The van der Waals surface area contributed by atoms with Crippen LogP contribution in [0.15, 0.2) is 47.2 Å². The van der Waals surface area contributed by atoms with Crippen molar-refractivity contribution in [1.82, 2.24) is 9.55 Å². The minimum atomic E-state index is -3.80. The molecule has 1 aromatic heterocycles. The number of hydrogen-bond acceptors (Lipinski definition) is 4. The molecule has 10 heteroatoms. The number of imidazole rings is 1. The first-order valence-corrected chi connectivity index (χ1v) is 9.88. The zero-order valence-corrected chi connectivity index (χ0v) is 17.1. The van der Waals surface area contributed by atoms with Crippen molar-refractivity contribution in [3.05, 3.63) is 52.8 Å². The first-order chi connectivity index (χ1) is 13.7. The molecule has 1 amide bonds. The van der Waals surface area contributed by atoms with Crippen molar-refractivity contribution in [1.29, 1.82) is 0 Å². The lowest BCUT2D eigenvalue weighted by molar-refractivity contribution is -0.0964. The number of carbonyl (C=O) groups excluding carboxylic acids is 1. The Morgan fingerprint density at radius 2 is 1.97 bits per heavy atom. The van der Waals surface area contributed by atoms with Gasteiger partial charge in [-0.15, -0.1) is 8.78 Å². The van der Waals surface area contributed by atoms with Gasteiger partial charge in [-0.25, -0.2) is 4.98 Å². The molecule has 2 aromatic carbocycles. The third-order valence-corrected chi connectivity index (χ3v) is 5.64. The van der Waals surface area contributed by atoms with Crippen LogP contribution in [0.25, 0.3) is 11.0 Å². The number of amides is 1. The molecule has 0 bridgehead atoms. The van der Waals surface area contributed by atoms with Crippen LogP contribution in [0.4, 0.5) is 14.5 Å². The number of benzene rings is 2. The summed E-state index contributed by atoms with van der Waals surface area (Å²) < 4.78 is 32.1. The van der Waals surface area contributed by atoms with Crippen LogP contribution in [-0.2, 0) is 0 Å². The molecule has 1 heterocycles. The summed E-state index contributed by atoms with van der Waals surface area (Å²) in [5.41, 5.74) is -1.50. The molecule has 0 unspecified atom stereocenters. The van der Waals surface area contributed by atoms with E-state index in [1.54, 1.807) is 12.4 Å². The quantitative estimate of drug-likeness (QED) is 0.502. The van der Waals surface area contributed by atoms with Crippen LogP contribution >= 0.6 is 27.5 Å². The molecule has 1 aliphatic rings. The number of hydrogen-bond donors (Lipinski definition) is 2. The largest absolute Gasteiger partial charge is 0.487 e. The summed E-state index contributed by atoms with van der Waals surface area (Å²) in [5.74, 6) is -0.513. The van der Waals surface area contributed by atoms with Crippen LogP contribution in [-0.4, -0.2) is 32.2 Å². The second-order valence-corrected chi connectivity index (χ2v) is 7.99. The number of rotatable bonds is 5. The number of aliphatic hydroxyl groups is 1. The lowest BCUT2D eigenvalue weighted by Crippen LogP contribution is -2.30. The molecule has 0 atom stereocenters. The second kappa shape index (κ2) is 7.55. The summed E-state index contributed by atoms with van der Waals surface area (Å²) in [6, 6.07) is 9.10. The molecule has 0 radical (unpaired) electrons. The average Bonchev–Trinajstić information content (AvgIpc) is 3.04. The molecule has 0 saturated heterocycles. The Labute approximate surface area is 177 Å². The van der Waals surface area contributed by atoms with Gasteiger partial charge >= 0.3 is 5.57 Å². The zero-order chi connectivity index (χ0) is 20.8. The lowest BCUT2D eigenvalue weighted by atomic mass is 9.89. The van der Waals surface area contributed by atoms with E-state index in [2.05, 4.69) is 31.0 Å². The summed E-state index contributed by atoms with van der Waals surface area (Å²) in [6.45, 7) is 0. The number of carbonyl (C=O) groups is 1. The van der Waals surface area contributed by atoms with Gasteiger partial charge in [-0.05, 0) is 65.2 Å². The van der Waals surface area contributed by atoms with Crippen molar-refractivity contribution >= 4 is 50.2 Å². The first-order valence-electron chi connectivity index (χ1n) is 8.71. The fraction of sp³-hybridized carbons (Fsp3) is 0.263. The number of nitrogens with zero attached hydrogens (tertiary/aromatic N) is 2. The monoisotopic (exact) mass is 485 g/mol. The minimum absolute atomic E-state index is 0.128. The Morgan fingerprint density at radius 3 is 2.59 bits per heavy atom. The molecule has 4 rings (SSSR count). The van der Waals surface area contributed by atoms with Crippen molar-refractivity contribution in [3.63, 3.8) is 0 Å². The topological polar surface area (TPSA) is 76.4 Å². The van der Waals surface area contributed by atoms with Gasteiger partial charge in [-0.1, -0.05) is 0 Å². The number of aromatic nitrogens is 2. The zero-order valence-electron chi connectivity index (χ0n) is 14.8. The van der Waals surface area contributed by atoms with Gasteiger partial charge in [0, 0.05) is 23.3 Å². The number of nitrogens with one attached hydrogen (secondary N) is 1. The summed E-state index contributed by atoms with van der Waals surface area (Å²) in [6.07, 6.45) is 2.79. The van der Waals surface area contributed by atoms with Crippen LogP contribution in [0.1, 0.15) is 29.2 Å². The summed E-state index contributed by atoms with van der Waals surface area (Å²) in [4.78, 5) is 17.1. The Hall–Kier alpha value is -2.23. The third-order valence-electron chi connectivity index (χ3n) is 4.76. The predicted molar refractivity (Wildman–Crippen MR) is 108 cm³/mol. The lowest BCUT2D eigenvalue weighted by Gasteiger charge is -2.32. The van der Waals surface area contributed by atoms with Gasteiger partial charge in [-0.3, -0.25) is 4.79 Å². The standard InChI is InChI=1S/C19H15BrClF2N3O3/c20-16-14(5-6-15-17(16)24-9-26(15)11-7-12(27)8-11)18(28)25-10-1-3-13(4-2-10)29-19(21,22)23/h1-6,9,11-12,27H,7-8H2,(H,25,28). The fourth-order valence-electron chi connectivity index (χ4n) is 3.26. The molecule has 0 aliphatic heterocycles. The van der Waals surface area contributed by atoms with E-state index < -0.39 is 5.57 Å². The Balaban J connectivity index is 1.52. The molecule has 1 saturated carbocycles. The fourth-order valence-corrected chi connectivity index (χ4v) is 3.97. The van der Waals surface area contributed by atoms with E-state index in [1.165, 1.54) is 24.3 Å². The van der Waals surface area contributed by atoms with Crippen molar-refractivity contribution in [3.8, 4) is 5.75 Å². The number of alkyl halides is 3. The van der Waals surface area contributed by atoms with Crippen molar-refractivity contribution in [2.75, 3.05) is 5.32 Å². The number of halogens is 4. The normalized spacial score (nSPS) is 19.1. The van der Waals surface area contributed by atoms with Crippen molar-refractivity contribution in [2.24, 2.45) is 0 Å². The van der Waals surface area contributed by atoms with E-state index in [-0.39, 0.29) is 23.8 Å². The van der Waals surface area contributed by atoms with Crippen LogP contribution in [0.5, 0.6) is 5.75 Å². The molecular formula is C19H15BrClF2N3O3. The summed E-state index contributed by atoms with van der Waals surface area (Å²) in [5, 5.41) is 12.2. The SMILES string of the molecule is O=C(Nc1ccc(OC(F)(F)Cl)cc1)c1ccc2c(ncn2C2CC(O)C2)c1Br. The van der Waals surface area contributed by atoms with E-state index in [0.29, 0.717) is 34.1 Å². The molecule has 1 aliphatic carbocycles. The van der Waals surface area contributed by atoms with E-state index in [4.69, 9.17) is 11.6 Å². The summed E-state index contributed by atoms with van der Waals surface area (Å²) >= 11 is 8.18. The van der Waals surface area contributed by atoms with Crippen LogP contribution in [0.3, 0.4) is 0 Å². The third kappa shape index (κ3) is 4.22. The van der Waals surface area contributed by atoms with Crippen molar-refractivity contribution in [2.45, 2.75) is 30.6 Å². The number of aliphatic hydroxyl groups excluding tert-OH is 1. The molecular weight excluding hydrogens is 472 g/mol. The van der Waals surface area contributed by atoms with Gasteiger partial charge in [0.2, 0.25) is 0 Å². The minimum Gasteiger partial charge on any atom is -0.420 e. The van der Waals surface area contributed by atoms with Gasteiger partial charge in [0.1, 0.15) is 11.3 Å². The van der Waals surface area contributed by atoms with Gasteiger partial charge in [-0.2, -0.15) is 0 Å². The molecule has 29 heavy (non-hydrogen) atoms. The molecule has 1 fully saturated rings. The van der Waals surface area contributed by atoms with Gasteiger partial charge < -0.3 is 19.7 Å². The number of fused-ring (bicyclic) bond motifs is 1. The Kier molecular flexibility index (Phi) is 5.22. The maximum atomic E-state index is 12.7.